The molecule has 0 aromatic carbocycles. The summed E-state index contributed by atoms with van der Waals surface area (Å²) < 4.78 is 0. The van der Waals surface area contributed by atoms with Gasteiger partial charge in [-0.1, -0.05) is 6.92 Å². The van der Waals surface area contributed by atoms with Crippen molar-refractivity contribution in [3.8, 4) is 0 Å². The van der Waals surface area contributed by atoms with E-state index in [0.29, 0.717) is 13.1 Å². The van der Waals surface area contributed by atoms with E-state index in [9.17, 15) is 4.79 Å². The lowest BCUT2D eigenvalue weighted by Gasteiger charge is -2.14. The first-order chi connectivity index (χ1) is 9.08. The Morgan fingerprint density at radius 3 is 2.32 bits per heavy atom. The zero-order valence-electron chi connectivity index (χ0n) is 11.7. The third-order valence-corrected chi connectivity index (χ3v) is 2.57. The lowest BCUT2D eigenvalue weighted by atomic mass is 10.3. The van der Waals surface area contributed by atoms with Gasteiger partial charge < -0.3 is 21.7 Å². The molecule has 1 rings (SSSR count). The van der Waals surface area contributed by atoms with Crippen LogP contribution in [0, 0.1) is 6.92 Å². The van der Waals surface area contributed by atoms with Crippen molar-refractivity contribution < 1.29 is 4.79 Å². The summed E-state index contributed by atoms with van der Waals surface area (Å²) in [5.74, 6) is 2.42. The molecule has 0 atom stereocenters. The van der Waals surface area contributed by atoms with Crippen LogP contribution in [0.15, 0.2) is 0 Å². The molecule has 2 amide bonds. The summed E-state index contributed by atoms with van der Waals surface area (Å²) in [6, 6.07) is -0.524. The molecular weight excluding hydrogens is 244 g/mol. The van der Waals surface area contributed by atoms with E-state index in [0.717, 1.165) is 36.0 Å². The van der Waals surface area contributed by atoms with Gasteiger partial charge in [0.1, 0.15) is 17.5 Å². The van der Waals surface area contributed by atoms with Crippen LogP contribution in [0.25, 0.3) is 0 Å². The summed E-state index contributed by atoms with van der Waals surface area (Å²) >= 11 is 0. The van der Waals surface area contributed by atoms with Gasteiger partial charge in [0.15, 0.2) is 0 Å². The predicted octanol–water partition coefficient (Wildman–Crippen LogP) is 0.859. The van der Waals surface area contributed by atoms with E-state index < -0.39 is 6.03 Å². The average Bonchev–Trinajstić information content (AvgIpc) is 2.38. The first-order valence-electron chi connectivity index (χ1n) is 6.47. The topological polar surface area (TPSA) is 105 Å². The van der Waals surface area contributed by atoms with Crippen LogP contribution in [0.4, 0.5) is 16.4 Å². The molecule has 0 unspecified atom stereocenters. The summed E-state index contributed by atoms with van der Waals surface area (Å²) in [4.78, 5) is 19.5. The minimum atomic E-state index is -0.524. The Bertz CT molecular complexity index is 434. The van der Waals surface area contributed by atoms with E-state index in [2.05, 4.69) is 25.9 Å². The normalized spacial score (nSPS) is 10.1. The fourth-order valence-corrected chi connectivity index (χ4v) is 1.60. The molecule has 0 bridgehead atoms. The van der Waals surface area contributed by atoms with Crippen LogP contribution >= 0.6 is 0 Å². The Hall–Kier alpha value is -2.05. The van der Waals surface area contributed by atoms with Crippen molar-refractivity contribution in [3.63, 3.8) is 0 Å². The second-order valence-corrected chi connectivity index (χ2v) is 4.06. The van der Waals surface area contributed by atoms with Crippen molar-refractivity contribution in [2.75, 3.05) is 30.3 Å². The van der Waals surface area contributed by atoms with Crippen LogP contribution in [-0.2, 0) is 6.42 Å². The molecule has 1 aromatic heterocycles. The smallest absolute Gasteiger partial charge is 0.312 e. The number of hydrogen-bond donors (Lipinski definition) is 4. The van der Waals surface area contributed by atoms with Gasteiger partial charge in [0, 0.05) is 31.6 Å². The fourth-order valence-electron chi connectivity index (χ4n) is 1.60. The van der Waals surface area contributed by atoms with E-state index >= 15 is 0 Å². The fraction of sp³-hybridized carbons (Fsp3) is 0.583. The number of primary amides is 1. The Morgan fingerprint density at radius 2 is 1.79 bits per heavy atom. The Labute approximate surface area is 113 Å². The highest BCUT2D eigenvalue weighted by atomic mass is 16.2. The van der Waals surface area contributed by atoms with E-state index in [1.165, 1.54) is 0 Å². The van der Waals surface area contributed by atoms with Crippen LogP contribution in [-0.4, -0.2) is 35.6 Å². The zero-order chi connectivity index (χ0) is 14.3. The van der Waals surface area contributed by atoms with E-state index in [1.807, 2.05) is 20.8 Å². The maximum absolute atomic E-state index is 10.6. The van der Waals surface area contributed by atoms with Gasteiger partial charge in [-0.05, 0) is 13.8 Å². The maximum Gasteiger partial charge on any atom is 0.312 e. The molecule has 0 saturated heterocycles. The number of urea groups is 1. The van der Waals surface area contributed by atoms with Crippen molar-refractivity contribution in [2.45, 2.75) is 27.2 Å². The maximum atomic E-state index is 10.6. The van der Waals surface area contributed by atoms with E-state index in [-0.39, 0.29) is 0 Å². The molecule has 106 valence electrons. The van der Waals surface area contributed by atoms with Crippen molar-refractivity contribution >= 4 is 17.7 Å². The molecule has 0 aliphatic carbocycles. The number of nitrogens with zero attached hydrogens (tertiary/aromatic N) is 2. The average molecular weight is 266 g/mol. The molecule has 0 aliphatic heterocycles. The Kier molecular flexibility index (Phi) is 5.84. The first-order valence-corrected chi connectivity index (χ1v) is 6.47. The summed E-state index contributed by atoms with van der Waals surface area (Å²) in [6.07, 6.45) is 0.771. The third-order valence-electron chi connectivity index (χ3n) is 2.57. The van der Waals surface area contributed by atoms with Crippen molar-refractivity contribution in [2.24, 2.45) is 5.73 Å². The Morgan fingerprint density at radius 1 is 1.16 bits per heavy atom. The van der Waals surface area contributed by atoms with E-state index in [4.69, 9.17) is 5.73 Å². The minimum absolute atomic E-state index is 0.455. The molecule has 1 heterocycles. The number of carbonyl (C=O) groups excluding carboxylic acids is 1. The highest BCUT2D eigenvalue weighted by Crippen LogP contribution is 2.19. The summed E-state index contributed by atoms with van der Waals surface area (Å²) in [6.45, 7) is 7.83. The molecule has 1 aromatic rings. The number of carbonyl (C=O) groups is 1. The minimum Gasteiger partial charge on any atom is -0.370 e. The highest BCUT2D eigenvalue weighted by Gasteiger charge is 2.09. The quantitative estimate of drug-likeness (QED) is 0.548. The molecular formula is C12H22N6O. The van der Waals surface area contributed by atoms with Gasteiger partial charge in [0.25, 0.3) is 0 Å². The molecule has 5 N–H and O–H groups in total. The molecule has 7 heteroatoms. The zero-order valence-corrected chi connectivity index (χ0v) is 11.7. The van der Waals surface area contributed by atoms with Gasteiger partial charge in [0.2, 0.25) is 0 Å². The van der Waals surface area contributed by atoms with E-state index in [1.54, 1.807) is 0 Å². The number of aryl methyl sites for hydroxylation is 1. The first kappa shape index (κ1) is 15.0. The second-order valence-electron chi connectivity index (χ2n) is 4.06. The molecule has 0 spiro atoms. The summed E-state index contributed by atoms with van der Waals surface area (Å²) in [7, 11) is 0. The van der Waals surface area contributed by atoms with Gasteiger partial charge in [-0.2, -0.15) is 0 Å². The van der Waals surface area contributed by atoms with Gasteiger partial charge in [0.05, 0.1) is 0 Å². The standard InChI is InChI=1S/C12H22N6O/c1-4-9-17-10(14-5-2)8(3)11(18-9)15-6-7-16-12(13)19/h4-7H2,1-3H3,(H3,13,16,19)(H2,14,15,17,18). The number of anilines is 2. The lowest BCUT2D eigenvalue weighted by Crippen LogP contribution is -2.33. The van der Waals surface area contributed by atoms with Crippen LogP contribution in [0.2, 0.25) is 0 Å². The second kappa shape index (κ2) is 7.40. The predicted molar refractivity (Wildman–Crippen MR) is 76.4 cm³/mol. The molecule has 0 fully saturated rings. The number of hydrogen-bond acceptors (Lipinski definition) is 5. The monoisotopic (exact) mass is 266 g/mol. The van der Waals surface area contributed by atoms with Crippen molar-refractivity contribution in [1.29, 1.82) is 0 Å². The van der Waals surface area contributed by atoms with Gasteiger partial charge in [-0.15, -0.1) is 0 Å². The third kappa shape index (κ3) is 4.61. The van der Waals surface area contributed by atoms with Crippen molar-refractivity contribution in [3.05, 3.63) is 11.4 Å². The summed E-state index contributed by atoms with van der Waals surface area (Å²) in [5.41, 5.74) is 5.97. The number of rotatable bonds is 7. The van der Waals surface area contributed by atoms with Crippen LogP contribution in [0.1, 0.15) is 25.2 Å². The van der Waals surface area contributed by atoms with Gasteiger partial charge in [-0.25, -0.2) is 14.8 Å². The number of nitrogens with two attached hydrogens (primary N) is 1. The number of nitrogens with one attached hydrogen (secondary N) is 3. The molecule has 7 nitrogen and oxygen atoms in total. The highest BCUT2D eigenvalue weighted by molar-refractivity contribution is 5.71. The molecule has 0 radical (unpaired) electrons. The number of aromatic nitrogens is 2. The summed E-state index contributed by atoms with van der Waals surface area (Å²) in [5, 5.41) is 8.92. The number of amides is 2. The van der Waals surface area contributed by atoms with Crippen LogP contribution in [0.3, 0.4) is 0 Å². The largest absolute Gasteiger partial charge is 0.370 e. The molecule has 0 saturated carbocycles. The van der Waals surface area contributed by atoms with Crippen LogP contribution < -0.4 is 21.7 Å². The van der Waals surface area contributed by atoms with Gasteiger partial charge >= 0.3 is 6.03 Å². The molecule has 0 aliphatic rings. The van der Waals surface area contributed by atoms with Gasteiger partial charge in [-0.3, -0.25) is 0 Å². The van der Waals surface area contributed by atoms with Crippen molar-refractivity contribution in [1.82, 2.24) is 15.3 Å². The molecule has 19 heavy (non-hydrogen) atoms. The Balaban J connectivity index is 2.74. The lowest BCUT2D eigenvalue weighted by molar-refractivity contribution is 0.249. The SMILES string of the molecule is CCNc1nc(CC)nc(NCCNC(N)=O)c1C. The van der Waals surface area contributed by atoms with Crippen LogP contribution in [0.5, 0.6) is 0 Å².